The van der Waals surface area contributed by atoms with Crippen LogP contribution in [0.1, 0.15) is 52.1 Å². The van der Waals surface area contributed by atoms with E-state index in [1.54, 1.807) is 7.11 Å². The summed E-state index contributed by atoms with van der Waals surface area (Å²) in [6.45, 7) is 9.85. The molecule has 0 saturated heterocycles. The standard InChI is InChI=1S/C18H29NO3/c1-6-19(13-9-12-18(20)22-14(2)3)15(4)16-10-7-8-11-17(16)21-5/h7-8,10-11,14-15H,6,9,12-13H2,1-5H3/t15-/m0/s1. The van der Waals surface area contributed by atoms with Crippen LogP contribution in [0.15, 0.2) is 24.3 Å². The minimum atomic E-state index is -0.115. The molecule has 0 amide bonds. The Morgan fingerprint density at radius 3 is 2.50 bits per heavy atom. The first kappa shape index (κ1) is 18.5. The van der Waals surface area contributed by atoms with Crippen LogP contribution in [0, 0.1) is 0 Å². The van der Waals surface area contributed by atoms with Gasteiger partial charge in [0.15, 0.2) is 0 Å². The van der Waals surface area contributed by atoms with Gasteiger partial charge < -0.3 is 9.47 Å². The van der Waals surface area contributed by atoms with E-state index in [-0.39, 0.29) is 18.1 Å². The topological polar surface area (TPSA) is 38.8 Å². The minimum absolute atomic E-state index is 0.0396. The molecule has 0 N–H and O–H groups in total. The van der Waals surface area contributed by atoms with Crippen molar-refractivity contribution < 1.29 is 14.3 Å². The highest BCUT2D eigenvalue weighted by Crippen LogP contribution is 2.28. The van der Waals surface area contributed by atoms with E-state index >= 15 is 0 Å². The molecule has 1 aromatic rings. The highest BCUT2D eigenvalue weighted by atomic mass is 16.5. The van der Waals surface area contributed by atoms with E-state index in [0.717, 1.165) is 25.3 Å². The summed E-state index contributed by atoms with van der Waals surface area (Å²) >= 11 is 0. The third-order valence-corrected chi connectivity index (χ3v) is 3.74. The van der Waals surface area contributed by atoms with E-state index in [4.69, 9.17) is 9.47 Å². The van der Waals surface area contributed by atoms with E-state index < -0.39 is 0 Å². The number of para-hydroxylation sites is 1. The SMILES string of the molecule is CCN(CCCC(=O)OC(C)C)[C@@H](C)c1ccccc1OC. The van der Waals surface area contributed by atoms with E-state index in [9.17, 15) is 4.79 Å². The second-order valence-corrected chi connectivity index (χ2v) is 5.69. The van der Waals surface area contributed by atoms with Crippen molar-refractivity contribution in [3.8, 4) is 5.75 Å². The lowest BCUT2D eigenvalue weighted by Gasteiger charge is -2.29. The lowest BCUT2D eigenvalue weighted by atomic mass is 10.1. The van der Waals surface area contributed by atoms with E-state index in [1.165, 1.54) is 5.56 Å². The highest BCUT2D eigenvalue weighted by molar-refractivity contribution is 5.69. The molecule has 0 aliphatic carbocycles. The number of nitrogens with zero attached hydrogens (tertiary/aromatic N) is 1. The van der Waals surface area contributed by atoms with Gasteiger partial charge >= 0.3 is 5.97 Å². The monoisotopic (exact) mass is 307 g/mol. The zero-order valence-corrected chi connectivity index (χ0v) is 14.5. The number of methoxy groups -OCH3 is 1. The molecule has 0 aliphatic heterocycles. The molecule has 0 unspecified atom stereocenters. The molecule has 1 atom stereocenters. The molecular weight excluding hydrogens is 278 g/mol. The summed E-state index contributed by atoms with van der Waals surface area (Å²) < 4.78 is 10.6. The lowest BCUT2D eigenvalue weighted by molar-refractivity contribution is -0.147. The quantitative estimate of drug-likeness (QED) is 0.650. The van der Waals surface area contributed by atoms with Gasteiger partial charge in [0.25, 0.3) is 0 Å². The molecule has 4 nitrogen and oxygen atoms in total. The average Bonchev–Trinajstić information content (AvgIpc) is 2.50. The van der Waals surface area contributed by atoms with Crippen molar-refractivity contribution in [3.05, 3.63) is 29.8 Å². The van der Waals surface area contributed by atoms with Crippen LogP contribution in [0.4, 0.5) is 0 Å². The lowest BCUT2D eigenvalue weighted by Crippen LogP contribution is -2.28. The minimum Gasteiger partial charge on any atom is -0.496 e. The highest BCUT2D eigenvalue weighted by Gasteiger charge is 2.18. The second kappa shape index (κ2) is 9.46. The molecule has 22 heavy (non-hydrogen) atoms. The van der Waals surface area contributed by atoms with Crippen LogP contribution in [-0.4, -0.2) is 37.2 Å². The van der Waals surface area contributed by atoms with Gasteiger partial charge in [-0.05, 0) is 46.3 Å². The molecule has 0 aromatic heterocycles. The number of carbonyl (C=O) groups excluding carboxylic acids is 1. The molecule has 0 radical (unpaired) electrons. The summed E-state index contributed by atoms with van der Waals surface area (Å²) in [6, 6.07) is 8.34. The van der Waals surface area contributed by atoms with Gasteiger partial charge in [-0.3, -0.25) is 9.69 Å². The summed E-state index contributed by atoms with van der Waals surface area (Å²) in [5.74, 6) is 0.795. The number of carbonyl (C=O) groups is 1. The van der Waals surface area contributed by atoms with Crippen molar-refractivity contribution in [2.45, 2.75) is 52.7 Å². The zero-order valence-electron chi connectivity index (χ0n) is 14.5. The molecule has 0 heterocycles. The largest absolute Gasteiger partial charge is 0.496 e. The first-order chi connectivity index (χ1) is 10.5. The van der Waals surface area contributed by atoms with Gasteiger partial charge in [0.05, 0.1) is 13.2 Å². The fourth-order valence-electron chi connectivity index (χ4n) is 2.58. The second-order valence-electron chi connectivity index (χ2n) is 5.69. The summed E-state index contributed by atoms with van der Waals surface area (Å²) in [5, 5.41) is 0. The summed E-state index contributed by atoms with van der Waals surface area (Å²) in [4.78, 5) is 14.0. The zero-order chi connectivity index (χ0) is 16.5. The fraction of sp³-hybridized carbons (Fsp3) is 0.611. The molecule has 0 saturated carbocycles. The van der Waals surface area contributed by atoms with Crippen molar-refractivity contribution in [2.24, 2.45) is 0 Å². The van der Waals surface area contributed by atoms with Crippen LogP contribution in [0.3, 0.4) is 0 Å². The third-order valence-electron chi connectivity index (χ3n) is 3.74. The number of rotatable bonds is 9. The van der Waals surface area contributed by atoms with E-state index in [1.807, 2.05) is 32.0 Å². The van der Waals surface area contributed by atoms with E-state index in [2.05, 4.69) is 24.8 Å². The van der Waals surface area contributed by atoms with Crippen molar-refractivity contribution in [1.29, 1.82) is 0 Å². The fourth-order valence-corrected chi connectivity index (χ4v) is 2.58. The van der Waals surface area contributed by atoms with Gasteiger partial charge in [0.2, 0.25) is 0 Å². The molecule has 0 fully saturated rings. The molecule has 0 bridgehead atoms. The molecule has 1 aromatic carbocycles. The van der Waals surface area contributed by atoms with Crippen LogP contribution >= 0.6 is 0 Å². The van der Waals surface area contributed by atoms with Gasteiger partial charge in [-0.1, -0.05) is 25.1 Å². The van der Waals surface area contributed by atoms with E-state index in [0.29, 0.717) is 6.42 Å². The number of benzene rings is 1. The Morgan fingerprint density at radius 1 is 1.23 bits per heavy atom. The number of esters is 1. The van der Waals surface area contributed by atoms with Gasteiger partial charge in [-0.2, -0.15) is 0 Å². The Kier molecular flexibility index (Phi) is 7.96. The Labute approximate surface area is 134 Å². The summed E-state index contributed by atoms with van der Waals surface area (Å²) in [5.41, 5.74) is 1.18. The molecule has 1 rings (SSSR count). The number of ether oxygens (including phenoxy) is 2. The average molecular weight is 307 g/mol. The van der Waals surface area contributed by atoms with Gasteiger partial charge in [0.1, 0.15) is 5.75 Å². The van der Waals surface area contributed by atoms with Crippen LogP contribution in [0.5, 0.6) is 5.75 Å². The van der Waals surface area contributed by atoms with Crippen LogP contribution in [0.25, 0.3) is 0 Å². The predicted octanol–water partition coefficient (Wildman–Crippen LogP) is 3.81. The Bertz CT molecular complexity index is 459. The van der Waals surface area contributed by atoms with Crippen molar-refractivity contribution in [1.82, 2.24) is 4.90 Å². The molecule has 0 aliphatic rings. The first-order valence-electron chi connectivity index (χ1n) is 8.06. The smallest absolute Gasteiger partial charge is 0.306 e. The summed E-state index contributed by atoms with van der Waals surface area (Å²) in [7, 11) is 1.70. The molecule has 124 valence electrons. The number of hydrogen-bond donors (Lipinski definition) is 0. The predicted molar refractivity (Wildman–Crippen MR) is 89.1 cm³/mol. The van der Waals surface area contributed by atoms with Crippen LogP contribution in [0.2, 0.25) is 0 Å². The van der Waals surface area contributed by atoms with Gasteiger partial charge in [-0.15, -0.1) is 0 Å². The van der Waals surface area contributed by atoms with Crippen molar-refractivity contribution in [2.75, 3.05) is 20.2 Å². The Hall–Kier alpha value is -1.55. The van der Waals surface area contributed by atoms with Gasteiger partial charge in [-0.25, -0.2) is 0 Å². The molecular formula is C18H29NO3. The normalized spacial score (nSPS) is 12.5. The summed E-state index contributed by atoms with van der Waals surface area (Å²) in [6.07, 6.45) is 1.23. The Balaban J connectivity index is 2.58. The molecule has 0 spiro atoms. The van der Waals surface area contributed by atoms with Crippen LogP contribution in [-0.2, 0) is 9.53 Å². The first-order valence-corrected chi connectivity index (χ1v) is 8.06. The van der Waals surface area contributed by atoms with Crippen molar-refractivity contribution in [3.63, 3.8) is 0 Å². The van der Waals surface area contributed by atoms with Gasteiger partial charge in [0, 0.05) is 18.0 Å². The maximum atomic E-state index is 11.6. The van der Waals surface area contributed by atoms with Crippen molar-refractivity contribution >= 4 is 5.97 Å². The van der Waals surface area contributed by atoms with Crippen LogP contribution < -0.4 is 4.74 Å². The maximum Gasteiger partial charge on any atom is 0.306 e. The maximum absolute atomic E-state index is 11.6. The number of hydrogen-bond acceptors (Lipinski definition) is 4. The Morgan fingerprint density at radius 2 is 1.91 bits per heavy atom. The third kappa shape index (κ3) is 5.68. The molecule has 4 heteroatoms.